The van der Waals surface area contributed by atoms with Crippen molar-refractivity contribution in [3.8, 4) is 17.6 Å². The number of rotatable bonds is 10. The lowest BCUT2D eigenvalue weighted by molar-refractivity contribution is 0.0643. The fraction of sp³-hybridized carbons (Fsp3) is 0.667. The Morgan fingerprint density at radius 3 is 2.46 bits per heavy atom. The highest BCUT2D eigenvalue weighted by molar-refractivity contribution is 5.44. The van der Waals surface area contributed by atoms with Gasteiger partial charge >= 0.3 is 0 Å². The number of hydrogen-bond donors (Lipinski definition) is 1. The molecule has 5 heteroatoms. The van der Waals surface area contributed by atoms with E-state index in [0.29, 0.717) is 25.4 Å². The lowest BCUT2D eigenvalue weighted by Gasteiger charge is -2.27. The summed E-state index contributed by atoms with van der Waals surface area (Å²) in [5, 5.41) is 19.2. The topological polar surface area (TPSA) is 65.7 Å². The molecular weight excluding hydrogens is 328 g/mol. The van der Waals surface area contributed by atoms with Crippen LogP contribution in [0.5, 0.6) is 11.5 Å². The molecule has 26 heavy (non-hydrogen) atoms. The minimum absolute atomic E-state index is 0.0920. The number of nitriles is 1. The summed E-state index contributed by atoms with van der Waals surface area (Å²) in [5.74, 6) is 2.04. The first kappa shape index (κ1) is 22.3. The van der Waals surface area contributed by atoms with Crippen LogP contribution in [0.15, 0.2) is 18.2 Å². The maximum Gasteiger partial charge on any atom is 0.123 e. The van der Waals surface area contributed by atoms with Gasteiger partial charge in [-0.3, -0.25) is 4.90 Å². The molecule has 1 N–H and O–H groups in total. The average molecular weight is 363 g/mol. The zero-order valence-corrected chi connectivity index (χ0v) is 17.1. The van der Waals surface area contributed by atoms with E-state index in [9.17, 15) is 5.11 Å². The van der Waals surface area contributed by atoms with Crippen molar-refractivity contribution >= 4 is 0 Å². The van der Waals surface area contributed by atoms with E-state index < -0.39 is 6.10 Å². The molecule has 1 rings (SSSR count). The number of benzene rings is 1. The van der Waals surface area contributed by atoms with Gasteiger partial charge < -0.3 is 14.6 Å². The Morgan fingerprint density at radius 1 is 1.23 bits per heavy atom. The molecule has 0 amide bonds. The van der Waals surface area contributed by atoms with Crippen molar-refractivity contribution in [2.24, 2.45) is 5.92 Å². The average Bonchev–Trinajstić information content (AvgIpc) is 2.56. The first-order valence-corrected chi connectivity index (χ1v) is 9.26. The van der Waals surface area contributed by atoms with Crippen LogP contribution in [0.2, 0.25) is 0 Å². The highest BCUT2D eigenvalue weighted by atomic mass is 16.5. The first-order valence-electron chi connectivity index (χ1n) is 9.26. The van der Waals surface area contributed by atoms with Crippen LogP contribution in [-0.2, 0) is 5.41 Å². The molecule has 0 saturated heterocycles. The Labute approximate surface area is 158 Å². The predicted octanol–water partition coefficient (Wildman–Crippen LogP) is 3.60. The Morgan fingerprint density at radius 2 is 1.92 bits per heavy atom. The smallest absolute Gasteiger partial charge is 0.123 e. The molecule has 0 aromatic heterocycles. The third kappa shape index (κ3) is 7.63. The molecule has 0 bridgehead atoms. The third-order valence-corrected chi connectivity index (χ3v) is 4.06. The summed E-state index contributed by atoms with van der Waals surface area (Å²) in [6.45, 7) is 12.9. The predicted molar refractivity (Wildman–Crippen MR) is 105 cm³/mol. The summed E-state index contributed by atoms with van der Waals surface area (Å²) in [6.07, 6.45) is -0.144. The molecule has 0 radical (unpaired) electrons. The van der Waals surface area contributed by atoms with Gasteiger partial charge in [0.2, 0.25) is 0 Å². The van der Waals surface area contributed by atoms with Gasteiger partial charge in [0.15, 0.2) is 0 Å². The monoisotopic (exact) mass is 362 g/mol. The Balaban J connectivity index is 2.74. The summed E-state index contributed by atoms with van der Waals surface area (Å²) in [7, 11) is 1.65. The van der Waals surface area contributed by atoms with E-state index in [1.165, 1.54) is 0 Å². The van der Waals surface area contributed by atoms with Crippen LogP contribution in [-0.4, -0.2) is 49.5 Å². The summed E-state index contributed by atoms with van der Waals surface area (Å²) in [4.78, 5) is 2.13. The third-order valence-electron chi connectivity index (χ3n) is 4.06. The molecular formula is C21H34N2O3. The molecule has 1 aromatic carbocycles. The summed E-state index contributed by atoms with van der Waals surface area (Å²) in [6, 6.07) is 7.92. The first-order chi connectivity index (χ1) is 12.2. The molecule has 0 spiro atoms. The largest absolute Gasteiger partial charge is 0.497 e. The number of nitrogens with zero attached hydrogens (tertiary/aromatic N) is 2. The highest BCUT2D eigenvalue weighted by Gasteiger charge is 2.21. The van der Waals surface area contributed by atoms with Gasteiger partial charge in [-0.2, -0.15) is 5.26 Å². The van der Waals surface area contributed by atoms with Gasteiger partial charge in [0.05, 0.1) is 13.2 Å². The van der Waals surface area contributed by atoms with Gasteiger partial charge in [0.25, 0.3) is 0 Å². The fourth-order valence-electron chi connectivity index (χ4n) is 2.87. The van der Waals surface area contributed by atoms with Crippen LogP contribution in [0, 0.1) is 17.2 Å². The molecule has 0 fully saturated rings. The molecule has 0 saturated carbocycles. The molecule has 146 valence electrons. The molecule has 5 nitrogen and oxygen atoms in total. The standard InChI is InChI=1S/C21H34N2O3/c1-16(2)13-23(11-7-10-22)14-17(24)15-26-20-9-8-18(25-6)12-19(20)21(3,4)5/h8-9,12,16-17,24H,7,11,13-15H2,1-6H3/t17-/m1/s1. The second-order valence-electron chi connectivity index (χ2n) is 8.14. The van der Waals surface area contributed by atoms with Crippen LogP contribution in [0.25, 0.3) is 0 Å². The molecule has 0 aliphatic carbocycles. The van der Waals surface area contributed by atoms with Gasteiger partial charge in [-0.25, -0.2) is 0 Å². The van der Waals surface area contributed by atoms with Crippen LogP contribution in [0.1, 0.15) is 46.6 Å². The zero-order valence-electron chi connectivity index (χ0n) is 17.1. The second kappa shape index (κ2) is 10.4. The van der Waals surface area contributed by atoms with Crippen molar-refractivity contribution in [1.29, 1.82) is 5.26 Å². The van der Waals surface area contributed by atoms with Gasteiger partial charge in [-0.1, -0.05) is 34.6 Å². The van der Waals surface area contributed by atoms with E-state index in [4.69, 9.17) is 14.7 Å². The van der Waals surface area contributed by atoms with Gasteiger partial charge in [0, 0.05) is 31.6 Å². The summed E-state index contributed by atoms with van der Waals surface area (Å²) in [5.41, 5.74) is 0.957. The second-order valence-corrected chi connectivity index (χ2v) is 8.14. The van der Waals surface area contributed by atoms with Crippen LogP contribution in [0.3, 0.4) is 0 Å². The van der Waals surface area contributed by atoms with E-state index in [-0.39, 0.29) is 12.0 Å². The summed E-state index contributed by atoms with van der Waals surface area (Å²) >= 11 is 0. The summed E-state index contributed by atoms with van der Waals surface area (Å²) < 4.78 is 11.3. The molecule has 1 atom stereocenters. The minimum Gasteiger partial charge on any atom is -0.497 e. The van der Waals surface area contributed by atoms with Crippen molar-refractivity contribution in [2.45, 2.75) is 52.6 Å². The van der Waals surface area contributed by atoms with Crippen molar-refractivity contribution < 1.29 is 14.6 Å². The number of aliphatic hydroxyl groups excluding tert-OH is 1. The molecule has 0 aliphatic heterocycles. The quantitative estimate of drug-likeness (QED) is 0.689. The van der Waals surface area contributed by atoms with Gasteiger partial charge in [0.1, 0.15) is 24.2 Å². The molecule has 1 aromatic rings. The van der Waals surface area contributed by atoms with Crippen molar-refractivity contribution in [2.75, 3.05) is 33.4 Å². The molecule has 0 heterocycles. The van der Waals surface area contributed by atoms with Gasteiger partial charge in [-0.15, -0.1) is 0 Å². The van der Waals surface area contributed by atoms with Crippen LogP contribution < -0.4 is 9.47 Å². The van der Waals surface area contributed by atoms with Gasteiger partial charge in [-0.05, 0) is 29.5 Å². The van der Waals surface area contributed by atoms with E-state index in [0.717, 1.165) is 23.6 Å². The fourth-order valence-corrected chi connectivity index (χ4v) is 2.87. The van der Waals surface area contributed by atoms with Crippen molar-refractivity contribution in [3.63, 3.8) is 0 Å². The zero-order chi connectivity index (χ0) is 19.7. The number of aliphatic hydroxyl groups is 1. The Kier molecular flexibility index (Phi) is 8.91. The highest BCUT2D eigenvalue weighted by Crippen LogP contribution is 2.34. The molecule has 0 aliphatic rings. The van der Waals surface area contributed by atoms with E-state index >= 15 is 0 Å². The van der Waals surface area contributed by atoms with Crippen LogP contribution in [0.4, 0.5) is 0 Å². The number of hydrogen-bond acceptors (Lipinski definition) is 5. The lowest BCUT2D eigenvalue weighted by Crippen LogP contribution is -2.38. The molecule has 0 unspecified atom stereocenters. The van der Waals surface area contributed by atoms with E-state index in [1.807, 2.05) is 18.2 Å². The SMILES string of the molecule is COc1ccc(OC[C@H](O)CN(CCC#N)CC(C)C)c(C(C)(C)C)c1. The van der Waals surface area contributed by atoms with E-state index in [2.05, 4.69) is 45.6 Å². The number of ether oxygens (including phenoxy) is 2. The van der Waals surface area contributed by atoms with Crippen molar-refractivity contribution in [3.05, 3.63) is 23.8 Å². The van der Waals surface area contributed by atoms with Crippen LogP contribution >= 0.6 is 0 Å². The Bertz CT molecular complexity index is 588. The maximum absolute atomic E-state index is 10.4. The minimum atomic E-state index is -0.609. The van der Waals surface area contributed by atoms with E-state index in [1.54, 1.807) is 7.11 Å². The Hall–Kier alpha value is -1.77. The maximum atomic E-state index is 10.4. The number of methoxy groups -OCH3 is 1. The lowest BCUT2D eigenvalue weighted by atomic mass is 9.86. The van der Waals surface area contributed by atoms with Crippen molar-refractivity contribution in [1.82, 2.24) is 4.90 Å². The normalized spacial score (nSPS) is 12.9.